The molecule has 6 rings (SSSR count). The molecule has 0 unspecified atom stereocenters. The molecule has 1 N–H and O–H groups in total. The molecule has 0 spiro atoms. The van der Waals surface area contributed by atoms with Crippen LogP contribution in [0.3, 0.4) is 0 Å². The molecule has 2 fully saturated rings. The van der Waals surface area contributed by atoms with Crippen LogP contribution < -0.4 is 15.0 Å². The zero-order valence-corrected chi connectivity index (χ0v) is 20.5. The van der Waals surface area contributed by atoms with Crippen LogP contribution in [0.5, 0.6) is 11.5 Å². The Balaban J connectivity index is 1.31. The topological polar surface area (TPSA) is 117 Å². The first kappa shape index (κ1) is 23.4. The quantitative estimate of drug-likeness (QED) is 0.477. The maximum Gasteiger partial charge on any atom is 0.252 e. The zero-order valence-electron chi connectivity index (χ0n) is 20.5. The predicted molar refractivity (Wildman–Crippen MR) is 130 cm³/mol. The fraction of sp³-hybridized carbons (Fsp3) is 0.600. The van der Waals surface area contributed by atoms with Gasteiger partial charge in [0.25, 0.3) is 5.56 Å². The summed E-state index contributed by atoms with van der Waals surface area (Å²) in [5, 5.41) is 13.6. The predicted octanol–water partition coefficient (Wildman–Crippen LogP) is 2.55. The molecule has 3 atom stereocenters. The second-order valence-electron chi connectivity index (χ2n) is 9.76. The monoisotopic (exact) mass is 496 g/mol. The molecule has 0 radical (unpaired) electrons. The number of H-pyrrole nitrogens is 1. The Hall–Kier alpha value is -3.02. The van der Waals surface area contributed by atoms with Crippen LogP contribution in [0.25, 0.3) is 10.9 Å². The van der Waals surface area contributed by atoms with Crippen LogP contribution in [0.4, 0.5) is 0 Å². The minimum atomic E-state index is -0.118. The van der Waals surface area contributed by atoms with Crippen LogP contribution in [-0.2, 0) is 22.6 Å². The van der Waals surface area contributed by atoms with Crippen molar-refractivity contribution in [2.75, 3.05) is 26.6 Å². The molecule has 11 heteroatoms. The van der Waals surface area contributed by atoms with Gasteiger partial charge in [-0.05, 0) is 54.7 Å². The normalized spacial score (nSPS) is 22.2. The summed E-state index contributed by atoms with van der Waals surface area (Å²) in [6.07, 6.45) is 5.18. The molecule has 11 nitrogen and oxygen atoms in total. The van der Waals surface area contributed by atoms with Crippen molar-refractivity contribution in [2.24, 2.45) is 0 Å². The van der Waals surface area contributed by atoms with E-state index < -0.39 is 0 Å². The third-order valence-electron chi connectivity index (χ3n) is 7.34. The molecular formula is C25H32N6O5. The number of fused-ring (bicyclic) bond motifs is 2. The Morgan fingerprint density at radius 3 is 2.64 bits per heavy atom. The van der Waals surface area contributed by atoms with Crippen LogP contribution in [-0.4, -0.2) is 68.9 Å². The van der Waals surface area contributed by atoms with Gasteiger partial charge in [-0.2, -0.15) is 0 Å². The molecule has 192 valence electrons. The van der Waals surface area contributed by atoms with E-state index in [0.29, 0.717) is 36.7 Å². The molecule has 0 saturated carbocycles. The smallest absolute Gasteiger partial charge is 0.252 e. The molecule has 0 aliphatic carbocycles. The van der Waals surface area contributed by atoms with Crippen LogP contribution in [0.15, 0.2) is 23.0 Å². The van der Waals surface area contributed by atoms with Crippen molar-refractivity contribution in [2.45, 2.75) is 70.4 Å². The lowest BCUT2D eigenvalue weighted by molar-refractivity contribution is 0.0470. The van der Waals surface area contributed by atoms with Gasteiger partial charge in [-0.1, -0.05) is 6.92 Å². The maximum absolute atomic E-state index is 13.2. The number of pyridine rings is 1. The summed E-state index contributed by atoms with van der Waals surface area (Å²) in [4.78, 5) is 18.5. The number of hydrogen-bond donors (Lipinski definition) is 1. The van der Waals surface area contributed by atoms with Crippen LogP contribution in [0.2, 0.25) is 0 Å². The lowest BCUT2D eigenvalue weighted by Crippen LogP contribution is -2.38. The second kappa shape index (κ2) is 10.2. The van der Waals surface area contributed by atoms with E-state index in [4.69, 9.17) is 18.9 Å². The van der Waals surface area contributed by atoms with Crippen molar-refractivity contribution < 1.29 is 18.9 Å². The fourth-order valence-corrected chi connectivity index (χ4v) is 5.49. The van der Waals surface area contributed by atoms with Gasteiger partial charge in [0, 0.05) is 43.3 Å². The van der Waals surface area contributed by atoms with E-state index in [2.05, 4.69) is 32.3 Å². The van der Waals surface area contributed by atoms with Crippen molar-refractivity contribution in [1.29, 1.82) is 0 Å². The van der Waals surface area contributed by atoms with Crippen molar-refractivity contribution in [3.63, 3.8) is 0 Å². The highest BCUT2D eigenvalue weighted by Crippen LogP contribution is 2.35. The Morgan fingerprint density at radius 2 is 1.89 bits per heavy atom. The van der Waals surface area contributed by atoms with Gasteiger partial charge in [0.1, 0.15) is 0 Å². The number of aromatic amines is 1. The molecular weight excluding hydrogens is 464 g/mol. The lowest BCUT2D eigenvalue weighted by Gasteiger charge is -2.32. The van der Waals surface area contributed by atoms with Gasteiger partial charge < -0.3 is 23.9 Å². The summed E-state index contributed by atoms with van der Waals surface area (Å²) in [6, 6.07) is 5.61. The standard InChI is InChI=1S/C25H32N6O5/c1-2-21(24-27-28-29-31(24)14-19-6-4-8-34-19)30(13-18-5-3-7-33-18)12-17-9-16-10-22-23(36-15-35-22)11-20(16)26-25(17)32/h9-11,18-19,21H,2-8,12-15H2,1H3,(H,26,32)/t18-,19-,21-/m1/s1. The van der Waals surface area contributed by atoms with Gasteiger partial charge in [0.2, 0.25) is 6.79 Å². The summed E-state index contributed by atoms with van der Waals surface area (Å²) in [6.45, 7) is 5.66. The van der Waals surface area contributed by atoms with Crippen LogP contribution in [0, 0.1) is 0 Å². The van der Waals surface area contributed by atoms with E-state index in [-0.39, 0.29) is 30.6 Å². The third-order valence-corrected chi connectivity index (χ3v) is 7.34. The molecule has 3 aromatic rings. The summed E-state index contributed by atoms with van der Waals surface area (Å²) in [5.41, 5.74) is 1.29. The highest BCUT2D eigenvalue weighted by molar-refractivity contribution is 5.83. The number of hydrogen-bond acceptors (Lipinski definition) is 9. The van der Waals surface area contributed by atoms with Crippen LogP contribution in [0.1, 0.15) is 56.5 Å². The van der Waals surface area contributed by atoms with Crippen molar-refractivity contribution >= 4 is 10.9 Å². The summed E-state index contributed by atoms with van der Waals surface area (Å²) in [5.74, 6) is 2.14. The third kappa shape index (κ3) is 4.70. The molecule has 2 aromatic heterocycles. The average Bonchev–Trinajstić information content (AvgIpc) is 3.68. The number of nitrogens with one attached hydrogen (secondary N) is 1. The molecule has 1 aromatic carbocycles. The van der Waals surface area contributed by atoms with Crippen molar-refractivity contribution in [1.82, 2.24) is 30.1 Å². The molecule has 0 amide bonds. The van der Waals surface area contributed by atoms with E-state index >= 15 is 0 Å². The van der Waals surface area contributed by atoms with E-state index in [1.807, 2.05) is 22.9 Å². The molecule has 36 heavy (non-hydrogen) atoms. The van der Waals surface area contributed by atoms with E-state index in [0.717, 1.165) is 62.0 Å². The van der Waals surface area contributed by atoms with E-state index in [1.54, 1.807) is 0 Å². The van der Waals surface area contributed by atoms with E-state index in [9.17, 15) is 4.79 Å². The first-order valence-corrected chi connectivity index (χ1v) is 12.9. The number of nitrogens with zero attached hydrogens (tertiary/aromatic N) is 5. The minimum absolute atomic E-state index is 0.0718. The van der Waals surface area contributed by atoms with Gasteiger partial charge in [-0.25, -0.2) is 4.68 Å². The number of tetrazole rings is 1. The summed E-state index contributed by atoms with van der Waals surface area (Å²) >= 11 is 0. The average molecular weight is 497 g/mol. The molecule has 0 bridgehead atoms. The zero-order chi connectivity index (χ0) is 24.5. The maximum atomic E-state index is 13.2. The molecule has 5 heterocycles. The number of aromatic nitrogens is 5. The van der Waals surface area contributed by atoms with Gasteiger partial charge in [0.05, 0.1) is 30.3 Å². The van der Waals surface area contributed by atoms with Crippen molar-refractivity contribution in [3.8, 4) is 11.5 Å². The van der Waals surface area contributed by atoms with Gasteiger partial charge in [0.15, 0.2) is 17.3 Å². The molecule has 2 saturated heterocycles. The summed E-state index contributed by atoms with van der Waals surface area (Å²) < 4.78 is 24.7. The van der Waals surface area contributed by atoms with Gasteiger partial charge in [-0.15, -0.1) is 5.10 Å². The van der Waals surface area contributed by atoms with Crippen molar-refractivity contribution in [3.05, 3.63) is 39.9 Å². The Kier molecular flexibility index (Phi) is 6.60. The Bertz CT molecular complexity index is 1260. The second-order valence-corrected chi connectivity index (χ2v) is 9.76. The highest BCUT2D eigenvalue weighted by atomic mass is 16.7. The number of rotatable bonds is 9. The lowest BCUT2D eigenvalue weighted by atomic mass is 10.1. The number of ether oxygens (including phenoxy) is 4. The molecule has 3 aliphatic heterocycles. The Morgan fingerprint density at radius 1 is 1.11 bits per heavy atom. The first-order valence-electron chi connectivity index (χ1n) is 12.9. The number of benzene rings is 1. The SMILES string of the molecule is CC[C@H](c1nnnn1C[C@H]1CCCO1)N(Cc1cc2cc3c(cc2[nH]c1=O)OCO3)C[C@H]1CCCO1. The van der Waals surface area contributed by atoms with Gasteiger partial charge in [-0.3, -0.25) is 9.69 Å². The van der Waals surface area contributed by atoms with E-state index in [1.165, 1.54) is 0 Å². The van der Waals surface area contributed by atoms with Gasteiger partial charge >= 0.3 is 0 Å². The minimum Gasteiger partial charge on any atom is -0.454 e. The summed E-state index contributed by atoms with van der Waals surface area (Å²) in [7, 11) is 0. The largest absolute Gasteiger partial charge is 0.454 e. The first-order chi connectivity index (χ1) is 17.7. The molecule has 3 aliphatic rings. The van der Waals surface area contributed by atoms with Crippen LogP contribution >= 0.6 is 0 Å². The highest BCUT2D eigenvalue weighted by Gasteiger charge is 2.30. The Labute approximate surface area is 208 Å². The fourth-order valence-electron chi connectivity index (χ4n) is 5.49.